The van der Waals surface area contributed by atoms with Crippen LogP contribution in [-0.4, -0.2) is 16.4 Å². The molecule has 2 aromatic carbocycles. The molecule has 1 unspecified atom stereocenters. The number of ether oxygens (including phenoxy) is 1. The molecule has 1 aliphatic heterocycles. The van der Waals surface area contributed by atoms with Gasteiger partial charge in [-0.1, -0.05) is 12.1 Å². The topological polar surface area (TPSA) is 49.7 Å². The summed E-state index contributed by atoms with van der Waals surface area (Å²) in [6.07, 6.45) is -4.75. The van der Waals surface area contributed by atoms with Crippen LogP contribution >= 0.6 is 0 Å². The van der Waals surface area contributed by atoms with Crippen LogP contribution in [0.3, 0.4) is 0 Å². The van der Waals surface area contributed by atoms with Gasteiger partial charge in [0, 0.05) is 11.5 Å². The maximum Gasteiger partial charge on any atom is 0.391 e. The van der Waals surface area contributed by atoms with Crippen LogP contribution in [0, 0.1) is 11.8 Å². The lowest BCUT2D eigenvalue weighted by Gasteiger charge is -2.36. The van der Waals surface area contributed by atoms with E-state index in [2.05, 4.69) is 0 Å². The molecular weight excluding hydrogens is 333 g/mol. The first-order valence-electron chi connectivity index (χ1n) is 8.18. The molecule has 1 aliphatic carbocycles. The van der Waals surface area contributed by atoms with E-state index in [0.717, 1.165) is 5.56 Å². The summed E-state index contributed by atoms with van der Waals surface area (Å²) in [4.78, 5) is 0. The van der Waals surface area contributed by atoms with Crippen molar-refractivity contribution in [2.45, 2.75) is 31.0 Å². The molecular formula is C19H17F3O3. The molecule has 2 N–H and O–H groups in total. The van der Waals surface area contributed by atoms with E-state index >= 15 is 0 Å². The van der Waals surface area contributed by atoms with Gasteiger partial charge in [0.1, 0.15) is 23.4 Å². The number of hydrogen-bond donors (Lipinski definition) is 2. The van der Waals surface area contributed by atoms with Gasteiger partial charge < -0.3 is 14.9 Å². The van der Waals surface area contributed by atoms with Gasteiger partial charge in [-0.05, 0) is 54.7 Å². The molecule has 0 saturated heterocycles. The summed E-state index contributed by atoms with van der Waals surface area (Å²) >= 11 is 0. The third-order valence-corrected chi connectivity index (χ3v) is 5.33. The average molecular weight is 350 g/mol. The highest BCUT2D eigenvalue weighted by molar-refractivity contribution is 5.46. The lowest BCUT2D eigenvalue weighted by molar-refractivity contribution is -0.173. The van der Waals surface area contributed by atoms with Gasteiger partial charge in [-0.3, -0.25) is 0 Å². The van der Waals surface area contributed by atoms with Crippen LogP contribution in [0.5, 0.6) is 17.2 Å². The van der Waals surface area contributed by atoms with E-state index in [-0.39, 0.29) is 36.2 Å². The zero-order valence-corrected chi connectivity index (χ0v) is 13.2. The number of rotatable bonds is 1. The monoisotopic (exact) mass is 350 g/mol. The highest BCUT2D eigenvalue weighted by atomic mass is 19.4. The Hall–Kier alpha value is -2.37. The quantitative estimate of drug-likeness (QED) is 0.769. The zero-order chi connectivity index (χ0) is 17.8. The molecule has 0 amide bonds. The molecule has 4 rings (SSSR count). The standard InChI is InChI=1S/C19H17F3O3/c20-19(21,22)11-7-14-15-9-13(24)5-6-17(15)25-18(16(14)8-11)10-1-3-12(23)4-2-10/h1-6,9,11,14,16,18,23-24H,7-8H2/t11-,14-,16?,18-/m0/s1. The fraction of sp³-hybridized carbons (Fsp3) is 0.368. The molecule has 2 aromatic rings. The first-order chi connectivity index (χ1) is 11.8. The fourth-order valence-electron chi connectivity index (χ4n) is 4.17. The fourth-order valence-corrected chi connectivity index (χ4v) is 4.17. The molecule has 1 fully saturated rings. The van der Waals surface area contributed by atoms with E-state index in [0.29, 0.717) is 11.3 Å². The van der Waals surface area contributed by atoms with Crippen molar-refractivity contribution in [3.05, 3.63) is 53.6 Å². The van der Waals surface area contributed by atoms with Gasteiger partial charge in [0.2, 0.25) is 0 Å². The maximum atomic E-state index is 13.3. The van der Waals surface area contributed by atoms with Crippen LogP contribution in [0.1, 0.15) is 36.0 Å². The summed E-state index contributed by atoms with van der Waals surface area (Å²) in [5.74, 6) is -1.38. The summed E-state index contributed by atoms with van der Waals surface area (Å²) in [5.41, 5.74) is 1.39. The number of hydrogen-bond acceptors (Lipinski definition) is 3. The number of fused-ring (bicyclic) bond motifs is 3. The zero-order valence-electron chi connectivity index (χ0n) is 13.2. The summed E-state index contributed by atoms with van der Waals surface area (Å²) in [7, 11) is 0. The number of phenolic OH excluding ortho intramolecular Hbond substituents is 2. The third-order valence-electron chi connectivity index (χ3n) is 5.33. The first kappa shape index (κ1) is 16.1. The van der Waals surface area contributed by atoms with Crippen molar-refractivity contribution in [1.29, 1.82) is 0 Å². The second kappa shape index (κ2) is 5.58. The van der Waals surface area contributed by atoms with Crippen molar-refractivity contribution in [2.75, 3.05) is 0 Å². The summed E-state index contributed by atoms with van der Waals surface area (Å²) in [6, 6.07) is 11.0. The van der Waals surface area contributed by atoms with Gasteiger partial charge in [-0.15, -0.1) is 0 Å². The molecule has 1 saturated carbocycles. The molecule has 6 heteroatoms. The normalized spacial score (nSPS) is 28.1. The van der Waals surface area contributed by atoms with E-state index < -0.39 is 18.2 Å². The number of alkyl halides is 3. The van der Waals surface area contributed by atoms with Crippen LogP contribution in [0.25, 0.3) is 0 Å². The maximum absolute atomic E-state index is 13.3. The molecule has 2 aliphatic rings. The van der Waals surface area contributed by atoms with E-state index in [4.69, 9.17) is 4.74 Å². The van der Waals surface area contributed by atoms with E-state index in [1.807, 2.05) is 0 Å². The Morgan fingerprint density at radius 2 is 1.60 bits per heavy atom. The SMILES string of the molecule is Oc1ccc([C@@H]2Oc3ccc(O)cc3[C@@H]3C[C@H](C(F)(F)F)CC32)cc1. The molecule has 3 nitrogen and oxygen atoms in total. The minimum atomic E-state index is -4.24. The molecule has 132 valence electrons. The minimum Gasteiger partial charge on any atom is -0.508 e. The summed E-state index contributed by atoms with van der Waals surface area (Å²) < 4.78 is 46.0. The van der Waals surface area contributed by atoms with Crippen LogP contribution in [0.4, 0.5) is 13.2 Å². The van der Waals surface area contributed by atoms with E-state index in [9.17, 15) is 23.4 Å². The van der Waals surface area contributed by atoms with Crippen LogP contribution in [0.15, 0.2) is 42.5 Å². The van der Waals surface area contributed by atoms with Crippen LogP contribution in [-0.2, 0) is 0 Å². The number of phenols is 2. The Bertz CT molecular complexity index is 785. The lowest BCUT2D eigenvalue weighted by atomic mass is 9.80. The van der Waals surface area contributed by atoms with Crippen molar-refractivity contribution in [2.24, 2.45) is 11.8 Å². The third kappa shape index (κ3) is 2.79. The molecule has 1 heterocycles. The van der Waals surface area contributed by atoms with E-state index in [1.54, 1.807) is 18.2 Å². The number of halogens is 3. The smallest absolute Gasteiger partial charge is 0.391 e. The van der Waals surface area contributed by atoms with Gasteiger partial charge in [0.15, 0.2) is 0 Å². The Morgan fingerprint density at radius 3 is 2.28 bits per heavy atom. The van der Waals surface area contributed by atoms with Crippen molar-refractivity contribution in [3.8, 4) is 17.2 Å². The Balaban J connectivity index is 1.77. The second-order valence-electron chi connectivity index (χ2n) is 6.83. The Labute approximate surface area is 142 Å². The van der Waals surface area contributed by atoms with Gasteiger partial charge in [0.25, 0.3) is 0 Å². The highest BCUT2D eigenvalue weighted by Crippen LogP contribution is 2.58. The van der Waals surface area contributed by atoms with Gasteiger partial charge >= 0.3 is 6.18 Å². The molecule has 0 spiro atoms. The van der Waals surface area contributed by atoms with E-state index in [1.165, 1.54) is 24.3 Å². The van der Waals surface area contributed by atoms with Crippen molar-refractivity contribution in [3.63, 3.8) is 0 Å². The molecule has 0 radical (unpaired) electrons. The van der Waals surface area contributed by atoms with Crippen molar-refractivity contribution >= 4 is 0 Å². The summed E-state index contributed by atoms with van der Waals surface area (Å²) in [6.45, 7) is 0. The van der Waals surface area contributed by atoms with Crippen molar-refractivity contribution in [1.82, 2.24) is 0 Å². The molecule has 4 atom stereocenters. The Morgan fingerprint density at radius 1 is 0.920 bits per heavy atom. The molecule has 0 aromatic heterocycles. The van der Waals surface area contributed by atoms with Crippen molar-refractivity contribution < 1.29 is 28.1 Å². The Kier molecular flexibility index (Phi) is 3.60. The highest BCUT2D eigenvalue weighted by Gasteiger charge is 2.53. The lowest BCUT2D eigenvalue weighted by Crippen LogP contribution is -2.27. The van der Waals surface area contributed by atoms with Gasteiger partial charge in [-0.25, -0.2) is 0 Å². The van der Waals surface area contributed by atoms with Crippen LogP contribution in [0.2, 0.25) is 0 Å². The van der Waals surface area contributed by atoms with Gasteiger partial charge in [0.05, 0.1) is 5.92 Å². The summed E-state index contributed by atoms with van der Waals surface area (Å²) in [5, 5.41) is 19.2. The first-order valence-corrected chi connectivity index (χ1v) is 8.18. The average Bonchev–Trinajstić information content (AvgIpc) is 3.01. The number of aromatic hydroxyl groups is 2. The second-order valence-corrected chi connectivity index (χ2v) is 6.83. The predicted octanol–water partition coefficient (Wildman–Crippen LogP) is 4.90. The largest absolute Gasteiger partial charge is 0.508 e. The molecule has 25 heavy (non-hydrogen) atoms. The molecule has 0 bridgehead atoms. The van der Waals surface area contributed by atoms with Gasteiger partial charge in [-0.2, -0.15) is 13.2 Å². The number of benzene rings is 2. The minimum absolute atomic E-state index is 0.00254. The predicted molar refractivity (Wildman–Crippen MR) is 84.6 cm³/mol. The van der Waals surface area contributed by atoms with Crippen LogP contribution < -0.4 is 4.74 Å².